The molecular formula is C19H21ClN2O. The van der Waals surface area contributed by atoms with Crippen LogP contribution in [0.2, 0.25) is 5.02 Å². The molecule has 1 fully saturated rings. The van der Waals surface area contributed by atoms with E-state index in [1.807, 2.05) is 47.4 Å². The van der Waals surface area contributed by atoms with Crippen LogP contribution in [0.1, 0.15) is 23.6 Å². The van der Waals surface area contributed by atoms with Crippen LogP contribution in [0.4, 0.5) is 0 Å². The van der Waals surface area contributed by atoms with Crippen molar-refractivity contribution < 1.29 is 4.79 Å². The minimum Gasteiger partial charge on any atom is -0.333 e. The molecule has 23 heavy (non-hydrogen) atoms. The van der Waals surface area contributed by atoms with Crippen molar-refractivity contribution in [3.63, 3.8) is 0 Å². The van der Waals surface area contributed by atoms with E-state index in [-0.39, 0.29) is 11.9 Å². The summed E-state index contributed by atoms with van der Waals surface area (Å²) in [5.41, 5.74) is 2.22. The van der Waals surface area contributed by atoms with Crippen molar-refractivity contribution in [2.24, 2.45) is 0 Å². The molecule has 3 nitrogen and oxygen atoms in total. The summed E-state index contributed by atoms with van der Waals surface area (Å²) in [6.45, 7) is 2.31. The number of aryl methyl sites for hydroxylation is 1. The fourth-order valence-corrected chi connectivity index (χ4v) is 3.33. The Kier molecular flexibility index (Phi) is 5.31. The largest absolute Gasteiger partial charge is 0.333 e. The Balaban J connectivity index is 1.71. The normalized spacial score (nSPS) is 18.0. The zero-order valence-electron chi connectivity index (χ0n) is 13.0. The maximum absolute atomic E-state index is 12.7. The van der Waals surface area contributed by atoms with E-state index >= 15 is 0 Å². The van der Waals surface area contributed by atoms with E-state index in [1.165, 1.54) is 5.56 Å². The zero-order valence-corrected chi connectivity index (χ0v) is 13.8. The smallest absolute Gasteiger partial charge is 0.223 e. The molecular weight excluding hydrogens is 308 g/mol. The van der Waals surface area contributed by atoms with Gasteiger partial charge in [0.25, 0.3) is 0 Å². The second kappa shape index (κ2) is 7.62. The summed E-state index contributed by atoms with van der Waals surface area (Å²) >= 11 is 6.33. The van der Waals surface area contributed by atoms with Crippen molar-refractivity contribution in [2.75, 3.05) is 19.6 Å². The number of piperazine rings is 1. The molecule has 0 bridgehead atoms. The van der Waals surface area contributed by atoms with Gasteiger partial charge >= 0.3 is 0 Å². The molecule has 1 heterocycles. The molecule has 3 rings (SSSR count). The van der Waals surface area contributed by atoms with Crippen LogP contribution < -0.4 is 5.32 Å². The average Bonchev–Trinajstić information content (AvgIpc) is 2.61. The van der Waals surface area contributed by atoms with Gasteiger partial charge in [0.2, 0.25) is 5.91 Å². The third-order valence-corrected chi connectivity index (χ3v) is 4.64. The summed E-state index contributed by atoms with van der Waals surface area (Å²) in [7, 11) is 0. The summed E-state index contributed by atoms with van der Waals surface area (Å²) in [6, 6.07) is 18.0. The first-order chi connectivity index (χ1) is 11.3. The van der Waals surface area contributed by atoms with Crippen molar-refractivity contribution in [1.82, 2.24) is 10.2 Å². The summed E-state index contributed by atoms with van der Waals surface area (Å²) in [5, 5.41) is 4.09. The first-order valence-corrected chi connectivity index (χ1v) is 8.42. The maximum atomic E-state index is 12.7. The Labute approximate surface area is 142 Å². The first kappa shape index (κ1) is 16.0. The topological polar surface area (TPSA) is 32.3 Å². The highest BCUT2D eigenvalue weighted by Crippen LogP contribution is 2.29. The van der Waals surface area contributed by atoms with Crippen LogP contribution in [0.25, 0.3) is 0 Å². The molecule has 120 valence electrons. The van der Waals surface area contributed by atoms with Gasteiger partial charge in [0, 0.05) is 31.1 Å². The predicted molar refractivity (Wildman–Crippen MR) is 93.5 cm³/mol. The monoisotopic (exact) mass is 328 g/mol. The Hall–Kier alpha value is -1.84. The van der Waals surface area contributed by atoms with Crippen LogP contribution in [-0.2, 0) is 11.2 Å². The molecule has 0 spiro atoms. The third-order valence-electron chi connectivity index (χ3n) is 4.30. The molecule has 1 aliphatic heterocycles. The zero-order chi connectivity index (χ0) is 16.1. The van der Waals surface area contributed by atoms with Gasteiger partial charge in [-0.3, -0.25) is 4.79 Å². The number of halogens is 1. The second-order valence-corrected chi connectivity index (χ2v) is 6.22. The van der Waals surface area contributed by atoms with Gasteiger partial charge in [0.05, 0.1) is 6.04 Å². The lowest BCUT2D eigenvalue weighted by Crippen LogP contribution is -2.48. The average molecular weight is 329 g/mol. The van der Waals surface area contributed by atoms with Crippen molar-refractivity contribution in [1.29, 1.82) is 0 Å². The van der Waals surface area contributed by atoms with Crippen LogP contribution in [-0.4, -0.2) is 30.4 Å². The molecule has 4 heteroatoms. The molecule has 0 aliphatic carbocycles. The fourth-order valence-electron chi connectivity index (χ4n) is 3.07. The lowest BCUT2D eigenvalue weighted by molar-refractivity contribution is -0.134. The van der Waals surface area contributed by atoms with Crippen LogP contribution in [0.5, 0.6) is 0 Å². The van der Waals surface area contributed by atoms with Gasteiger partial charge in [-0.1, -0.05) is 60.1 Å². The number of benzene rings is 2. The van der Waals surface area contributed by atoms with Crippen molar-refractivity contribution >= 4 is 17.5 Å². The van der Waals surface area contributed by atoms with Gasteiger partial charge in [-0.15, -0.1) is 0 Å². The standard InChI is InChI=1S/C19H21ClN2O/c20-17-9-5-4-8-16(17)18-14-21-12-13-22(18)19(23)11-10-15-6-2-1-3-7-15/h1-9,18,21H,10-14H2. The summed E-state index contributed by atoms with van der Waals surface area (Å²) < 4.78 is 0. The fraction of sp³-hybridized carbons (Fsp3) is 0.316. The number of carbonyl (C=O) groups is 1. The maximum Gasteiger partial charge on any atom is 0.223 e. The second-order valence-electron chi connectivity index (χ2n) is 5.81. The number of nitrogens with one attached hydrogen (secondary N) is 1. The van der Waals surface area contributed by atoms with E-state index in [2.05, 4.69) is 17.4 Å². The Morgan fingerprint density at radius 1 is 1.13 bits per heavy atom. The molecule has 2 aromatic rings. The van der Waals surface area contributed by atoms with Crippen LogP contribution in [0, 0.1) is 0 Å². The molecule has 2 aromatic carbocycles. The van der Waals surface area contributed by atoms with Gasteiger partial charge in [-0.25, -0.2) is 0 Å². The number of rotatable bonds is 4. The van der Waals surface area contributed by atoms with Gasteiger partial charge in [0.1, 0.15) is 0 Å². The summed E-state index contributed by atoms with van der Waals surface area (Å²) in [4.78, 5) is 14.7. The number of amides is 1. The Bertz CT molecular complexity index is 659. The lowest BCUT2D eigenvalue weighted by Gasteiger charge is -2.37. The number of hydrogen-bond acceptors (Lipinski definition) is 2. The number of hydrogen-bond donors (Lipinski definition) is 1. The Morgan fingerprint density at radius 2 is 1.87 bits per heavy atom. The highest BCUT2D eigenvalue weighted by Gasteiger charge is 2.28. The molecule has 1 amide bonds. The highest BCUT2D eigenvalue weighted by molar-refractivity contribution is 6.31. The lowest BCUT2D eigenvalue weighted by atomic mass is 10.0. The van der Waals surface area contributed by atoms with E-state index in [0.29, 0.717) is 6.42 Å². The van der Waals surface area contributed by atoms with E-state index in [0.717, 1.165) is 36.6 Å². The first-order valence-electron chi connectivity index (χ1n) is 8.04. The van der Waals surface area contributed by atoms with Crippen LogP contribution in [0.15, 0.2) is 54.6 Å². The molecule has 0 saturated carbocycles. The molecule has 0 aromatic heterocycles. The number of carbonyl (C=O) groups excluding carboxylic acids is 1. The summed E-state index contributed by atoms with van der Waals surface area (Å²) in [5.74, 6) is 0.195. The van der Waals surface area contributed by atoms with Gasteiger partial charge in [-0.05, 0) is 23.6 Å². The van der Waals surface area contributed by atoms with E-state index in [9.17, 15) is 4.79 Å². The quantitative estimate of drug-likeness (QED) is 0.932. The highest BCUT2D eigenvalue weighted by atomic mass is 35.5. The molecule has 1 unspecified atom stereocenters. The SMILES string of the molecule is O=C(CCc1ccccc1)N1CCNCC1c1ccccc1Cl. The molecule has 0 radical (unpaired) electrons. The van der Waals surface area contributed by atoms with E-state index in [1.54, 1.807) is 0 Å². The molecule has 1 saturated heterocycles. The summed E-state index contributed by atoms with van der Waals surface area (Å²) in [6.07, 6.45) is 1.31. The van der Waals surface area contributed by atoms with E-state index < -0.39 is 0 Å². The minimum atomic E-state index is 0.0146. The van der Waals surface area contributed by atoms with Crippen molar-refractivity contribution in [2.45, 2.75) is 18.9 Å². The molecule has 1 aliphatic rings. The van der Waals surface area contributed by atoms with Gasteiger partial charge < -0.3 is 10.2 Å². The number of nitrogens with zero attached hydrogens (tertiary/aromatic N) is 1. The van der Waals surface area contributed by atoms with Gasteiger partial charge in [-0.2, -0.15) is 0 Å². The van der Waals surface area contributed by atoms with Crippen molar-refractivity contribution in [3.05, 3.63) is 70.7 Å². The Morgan fingerprint density at radius 3 is 2.65 bits per heavy atom. The molecule has 1 N–H and O–H groups in total. The van der Waals surface area contributed by atoms with Crippen LogP contribution in [0.3, 0.4) is 0 Å². The predicted octanol–water partition coefficient (Wildman–Crippen LogP) is 3.45. The molecule has 1 atom stereocenters. The van der Waals surface area contributed by atoms with Gasteiger partial charge in [0.15, 0.2) is 0 Å². The minimum absolute atomic E-state index is 0.0146. The van der Waals surface area contributed by atoms with E-state index in [4.69, 9.17) is 11.6 Å². The third kappa shape index (κ3) is 3.92. The van der Waals surface area contributed by atoms with Crippen LogP contribution >= 0.6 is 11.6 Å². The van der Waals surface area contributed by atoms with Crippen molar-refractivity contribution in [3.8, 4) is 0 Å².